The third kappa shape index (κ3) is 4.16. The van der Waals surface area contributed by atoms with E-state index in [1.165, 1.54) is 52.1 Å². The van der Waals surface area contributed by atoms with Gasteiger partial charge in [-0.2, -0.15) is 0 Å². The zero-order valence-electron chi connectivity index (χ0n) is 22.5. The Morgan fingerprint density at radius 3 is 2.82 bits per heavy atom. The zero-order valence-corrected chi connectivity index (χ0v) is 23.3. The summed E-state index contributed by atoms with van der Waals surface area (Å²) in [7, 11) is 0. The molecule has 3 N–H and O–H groups in total. The number of rotatable bonds is 6. The predicted molar refractivity (Wildman–Crippen MR) is 159 cm³/mol. The molecule has 7 rings (SSSR count). The van der Waals surface area contributed by atoms with Crippen LogP contribution in [-0.4, -0.2) is 39.9 Å². The molecule has 38 heavy (non-hydrogen) atoms. The molecule has 0 saturated carbocycles. The van der Waals surface area contributed by atoms with E-state index in [9.17, 15) is 0 Å². The highest BCUT2D eigenvalue weighted by atomic mass is 32.2. The summed E-state index contributed by atoms with van der Waals surface area (Å²) in [6.07, 6.45) is 11.5. The highest BCUT2D eigenvalue weighted by Gasteiger charge is 2.31. The van der Waals surface area contributed by atoms with Gasteiger partial charge in [-0.05, 0) is 70.0 Å². The van der Waals surface area contributed by atoms with Crippen molar-refractivity contribution in [1.29, 1.82) is 0 Å². The van der Waals surface area contributed by atoms with Crippen molar-refractivity contribution in [2.24, 2.45) is 5.73 Å². The van der Waals surface area contributed by atoms with Gasteiger partial charge in [-0.3, -0.25) is 0 Å². The van der Waals surface area contributed by atoms with Crippen molar-refractivity contribution in [1.82, 2.24) is 19.9 Å². The lowest BCUT2D eigenvalue weighted by molar-refractivity contribution is 0.555. The maximum atomic E-state index is 6.16. The largest absolute Gasteiger partial charge is 0.330 e. The lowest BCUT2D eigenvalue weighted by Gasteiger charge is -2.26. The minimum absolute atomic E-state index is 0.310. The summed E-state index contributed by atoms with van der Waals surface area (Å²) in [5, 5.41) is 4.95. The van der Waals surface area contributed by atoms with Gasteiger partial charge in [0.2, 0.25) is 0 Å². The van der Waals surface area contributed by atoms with Gasteiger partial charge in [-0.15, -0.1) is 11.8 Å². The van der Waals surface area contributed by atoms with Gasteiger partial charge in [0, 0.05) is 75.2 Å². The van der Waals surface area contributed by atoms with E-state index in [0.717, 1.165) is 63.1 Å². The first-order valence-electron chi connectivity index (χ1n) is 14.7. The van der Waals surface area contributed by atoms with E-state index >= 15 is 0 Å². The van der Waals surface area contributed by atoms with E-state index in [1.54, 1.807) is 10.5 Å². The lowest BCUT2D eigenvalue weighted by atomic mass is 9.90. The van der Waals surface area contributed by atoms with Gasteiger partial charge in [-0.25, -0.2) is 9.97 Å². The highest BCUT2D eigenvalue weighted by Crippen LogP contribution is 2.50. The summed E-state index contributed by atoms with van der Waals surface area (Å²) in [6, 6.07) is 11.3. The summed E-state index contributed by atoms with van der Waals surface area (Å²) in [5.74, 6) is 3.47. The number of para-hydroxylation sites is 1. The molecule has 3 unspecified atom stereocenters. The van der Waals surface area contributed by atoms with Crippen molar-refractivity contribution in [2.45, 2.75) is 76.0 Å². The van der Waals surface area contributed by atoms with Crippen LogP contribution in [0.25, 0.3) is 21.5 Å². The van der Waals surface area contributed by atoms with Crippen LogP contribution in [0, 0.1) is 0 Å². The molecular weight excluding hydrogens is 486 g/mol. The van der Waals surface area contributed by atoms with Gasteiger partial charge in [0.05, 0.1) is 5.52 Å². The number of hydrogen-bond acceptors (Lipinski definition) is 5. The molecule has 0 amide bonds. The molecule has 4 heterocycles. The fraction of sp³-hybridized carbons (Fsp3) is 0.500. The Morgan fingerprint density at radius 1 is 1.11 bits per heavy atom. The molecule has 0 radical (unpaired) electrons. The molecular formula is C32H39N5S. The van der Waals surface area contributed by atoms with E-state index in [-0.39, 0.29) is 0 Å². The van der Waals surface area contributed by atoms with Crippen LogP contribution in [0.5, 0.6) is 0 Å². The van der Waals surface area contributed by atoms with Crippen LogP contribution in [0.3, 0.4) is 0 Å². The van der Waals surface area contributed by atoms with Crippen molar-refractivity contribution < 1.29 is 0 Å². The minimum atomic E-state index is 0.310. The van der Waals surface area contributed by atoms with Gasteiger partial charge in [0.25, 0.3) is 0 Å². The number of allylic oxidation sites excluding steroid dienone is 3. The monoisotopic (exact) mass is 525 g/mol. The molecule has 198 valence electrons. The third-order valence-corrected chi connectivity index (χ3v) is 10.5. The summed E-state index contributed by atoms with van der Waals surface area (Å²) in [5.41, 5.74) is 16.1. The molecule has 4 aliphatic rings. The first kappa shape index (κ1) is 24.6. The minimum Gasteiger partial charge on any atom is -0.330 e. The second-order valence-electron chi connectivity index (χ2n) is 11.5. The molecule has 1 aromatic carbocycles. The molecule has 3 atom stereocenters. The average Bonchev–Trinajstić information content (AvgIpc) is 3.72. The maximum Gasteiger partial charge on any atom is 0.132 e. The molecule has 2 aliphatic heterocycles. The molecule has 6 heteroatoms. The van der Waals surface area contributed by atoms with Crippen LogP contribution in [-0.2, 0) is 6.42 Å². The number of nitrogens with one attached hydrogen (secondary N) is 1. The van der Waals surface area contributed by atoms with Crippen LogP contribution in [0.1, 0.15) is 98.1 Å². The fourth-order valence-electron chi connectivity index (χ4n) is 7.13. The zero-order chi connectivity index (χ0) is 25.6. The average molecular weight is 526 g/mol. The van der Waals surface area contributed by atoms with Crippen LogP contribution in [0.4, 0.5) is 0 Å². The topological polar surface area (TPSA) is 68.8 Å². The molecule has 0 bridgehead atoms. The van der Waals surface area contributed by atoms with E-state index in [1.807, 2.05) is 0 Å². The van der Waals surface area contributed by atoms with E-state index in [2.05, 4.69) is 65.0 Å². The van der Waals surface area contributed by atoms with Crippen molar-refractivity contribution in [3.8, 4) is 0 Å². The van der Waals surface area contributed by atoms with E-state index in [0.29, 0.717) is 24.3 Å². The SMILES string of the molecule is CCC(CN)c1cc(C2CCNC2)nc(C2CC=C(n3c4c(c5ccccc53)C3=C(CCS3)CC4)CC2)n1. The Labute approximate surface area is 230 Å². The van der Waals surface area contributed by atoms with Crippen LogP contribution in [0.15, 0.2) is 42.0 Å². The number of nitrogens with zero attached hydrogens (tertiary/aromatic N) is 3. The lowest BCUT2D eigenvalue weighted by Crippen LogP contribution is -2.19. The molecule has 0 spiro atoms. The van der Waals surface area contributed by atoms with Crippen molar-refractivity contribution in [3.63, 3.8) is 0 Å². The summed E-state index contributed by atoms with van der Waals surface area (Å²) in [4.78, 5) is 11.9. The highest BCUT2D eigenvalue weighted by molar-refractivity contribution is 8.08. The Bertz CT molecular complexity index is 1400. The van der Waals surface area contributed by atoms with E-state index < -0.39 is 0 Å². The third-order valence-electron chi connectivity index (χ3n) is 9.33. The fourth-order valence-corrected chi connectivity index (χ4v) is 8.46. The van der Waals surface area contributed by atoms with E-state index in [4.69, 9.17) is 15.7 Å². The number of benzene rings is 1. The number of hydrogen-bond donors (Lipinski definition) is 2. The first-order chi connectivity index (χ1) is 18.7. The Kier molecular flexibility index (Phi) is 6.67. The Balaban J connectivity index is 1.24. The quantitative estimate of drug-likeness (QED) is 0.381. The molecule has 2 aliphatic carbocycles. The summed E-state index contributed by atoms with van der Waals surface area (Å²) in [6.45, 7) is 4.96. The summed E-state index contributed by atoms with van der Waals surface area (Å²) >= 11 is 2.08. The van der Waals surface area contributed by atoms with Gasteiger partial charge >= 0.3 is 0 Å². The molecule has 3 aromatic rings. The van der Waals surface area contributed by atoms with Gasteiger partial charge < -0.3 is 15.6 Å². The van der Waals surface area contributed by atoms with Crippen molar-refractivity contribution >= 4 is 33.3 Å². The molecule has 1 fully saturated rings. The molecule has 5 nitrogen and oxygen atoms in total. The van der Waals surface area contributed by atoms with Crippen molar-refractivity contribution in [3.05, 3.63) is 70.5 Å². The van der Waals surface area contributed by atoms with Crippen molar-refractivity contribution in [2.75, 3.05) is 25.4 Å². The van der Waals surface area contributed by atoms with Gasteiger partial charge in [0.1, 0.15) is 5.82 Å². The van der Waals surface area contributed by atoms with Crippen LogP contribution in [0.2, 0.25) is 0 Å². The van der Waals surface area contributed by atoms with Crippen LogP contribution < -0.4 is 11.1 Å². The number of aromatic nitrogens is 3. The standard InChI is InChI=1S/C32H39N5S/c1-2-20(18-33)26-17-27(23-13-15-34-19-23)36-32(35-26)22-7-10-24(11-8-22)37-28-6-4-3-5-25(28)30-29(37)12-9-21-14-16-38-31(21)30/h3-6,10,17,20,22-23,34H,2,7-9,11-16,18-19,33H2,1H3. The Morgan fingerprint density at radius 2 is 2.03 bits per heavy atom. The number of fused-ring (bicyclic) bond motifs is 4. The number of thioether (sulfide) groups is 1. The smallest absolute Gasteiger partial charge is 0.132 e. The Hall–Kier alpha value is -2.41. The first-order valence-corrected chi connectivity index (χ1v) is 15.7. The molecule has 2 aromatic heterocycles. The van der Waals surface area contributed by atoms with Gasteiger partial charge in [-0.1, -0.05) is 36.8 Å². The normalized spacial score (nSPS) is 24.0. The second kappa shape index (κ2) is 10.3. The second-order valence-corrected chi connectivity index (χ2v) is 12.6. The number of nitrogens with two attached hydrogens (primary N) is 1. The summed E-state index contributed by atoms with van der Waals surface area (Å²) < 4.78 is 2.62. The predicted octanol–water partition coefficient (Wildman–Crippen LogP) is 6.56. The maximum absolute atomic E-state index is 6.16. The molecule has 1 saturated heterocycles. The van der Waals surface area contributed by atoms with Crippen LogP contribution >= 0.6 is 11.8 Å². The van der Waals surface area contributed by atoms with Gasteiger partial charge in [0.15, 0.2) is 0 Å².